The van der Waals surface area contributed by atoms with Crippen LogP contribution in [0.4, 0.5) is 0 Å². The summed E-state index contributed by atoms with van der Waals surface area (Å²) in [5.74, 6) is -1.00. The highest BCUT2D eigenvalue weighted by Gasteiger charge is 2.34. The van der Waals surface area contributed by atoms with Gasteiger partial charge in [0.05, 0.1) is 21.9 Å². The van der Waals surface area contributed by atoms with Crippen molar-refractivity contribution < 1.29 is 9.59 Å². The number of rotatable bonds is 6. The SMILES string of the molecule is CCN(C)C(C)(C)C(=O)NC(=O)c1nn(-c2ccc(Cl)cc2Cl)c(-c2ccc(Cl)cc2)c1C. The Morgan fingerprint density at radius 3 is 2.24 bits per heavy atom. The predicted molar refractivity (Wildman–Crippen MR) is 134 cm³/mol. The molecule has 0 unspecified atom stereocenters. The second kappa shape index (κ2) is 9.85. The van der Waals surface area contributed by atoms with Crippen LogP contribution >= 0.6 is 34.8 Å². The number of likely N-dealkylation sites (N-methyl/N-ethyl adjacent to an activating group) is 1. The van der Waals surface area contributed by atoms with E-state index in [4.69, 9.17) is 34.8 Å². The second-order valence-corrected chi connectivity index (χ2v) is 9.47. The van der Waals surface area contributed by atoms with Gasteiger partial charge in [0.25, 0.3) is 5.91 Å². The molecule has 0 fully saturated rings. The number of aromatic nitrogens is 2. The lowest BCUT2D eigenvalue weighted by molar-refractivity contribution is -0.129. The number of nitrogens with one attached hydrogen (secondary N) is 1. The minimum atomic E-state index is -0.876. The maximum Gasteiger partial charge on any atom is 0.278 e. The van der Waals surface area contributed by atoms with Crippen molar-refractivity contribution in [1.29, 1.82) is 0 Å². The highest BCUT2D eigenvalue weighted by Crippen LogP contribution is 2.33. The maximum atomic E-state index is 13.2. The van der Waals surface area contributed by atoms with Crippen LogP contribution in [-0.4, -0.2) is 45.6 Å². The summed E-state index contributed by atoms with van der Waals surface area (Å²) in [4.78, 5) is 27.9. The number of amides is 2. The van der Waals surface area contributed by atoms with Gasteiger partial charge in [0.2, 0.25) is 5.91 Å². The van der Waals surface area contributed by atoms with Gasteiger partial charge in [-0.2, -0.15) is 5.10 Å². The lowest BCUT2D eigenvalue weighted by atomic mass is 10.0. The van der Waals surface area contributed by atoms with Crippen LogP contribution in [0.2, 0.25) is 15.1 Å². The summed E-state index contributed by atoms with van der Waals surface area (Å²) in [6.07, 6.45) is 0. The number of carbonyl (C=O) groups is 2. The topological polar surface area (TPSA) is 67.2 Å². The van der Waals surface area contributed by atoms with Crippen molar-refractivity contribution in [2.75, 3.05) is 13.6 Å². The molecule has 3 aromatic rings. The number of halogens is 3. The normalized spacial score (nSPS) is 11.7. The Morgan fingerprint density at radius 1 is 1.06 bits per heavy atom. The van der Waals surface area contributed by atoms with E-state index in [0.717, 1.165) is 5.56 Å². The predicted octanol–water partition coefficient (Wildman–Crippen LogP) is 5.79. The van der Waals surface area contributed by atoms with Crippen molar-refractivity contribution in [3.8, 4) is 16.9 Å². The van der Waals surface area contributed by atoms with E-state index in [0.29, 0.717) is 38.6 Å². The number of hydrogen-bond acceptors (Lipinski definition) is 4. The first-order valence-corrected chi connectivity index (χ1v) is 11.5. The Labute approximate surface area is 208 Å². The third-order valence-corrected chi connectivity index (χ3v) is 6.59. The van der Waals surface area contributed by atoms with Gasteiger partial charge in [-0.25, -0.2) is 4.68 Å². The van der Waals surface area contributed by atoms with Gasteiger partial charge in [-0.3, -0.25) is 19.8 Å². The molecular weight excluding hydrogens is 483 g/mol. The van der Waals surface area contributed by atoms with Gasteiger partial charge in [-0.05, 0) is 64.7 Å². The number of benzene rings is 2. The van der Waals surface area contributed by atoms with Crippen LogP contribution in [0, 0.1) is 6.92 Å². The molecule has 2 amide bonds. The van der Waals surface area contributed by atoms with Crippen molar-refractivity contribution in [2.45, 2.75) is 33.2 Å². The Kier molecular flexibility index (Phi) is 7.54. The lowest BCUT2D eigenvalue weighted by Crippen LogP contribution is -2.54. The van der Waals surface area contributed by atoms with Crippen molar-refractivity contribution in [3.05, 3.63) is 68.8 Å². The molecule has 0 saturated carbocycles. The number of carbonyl (C=O) groups excluding carboxylic acids is 2. The minimum absolute atomic E-state index is 0.120. The standard InChI is InChI=1S/C24H25Cl3N4O2/c1-6-30(5)24(3,4)23(33)28-22(32)20-14(2)21(15-7-9-16(25)10-8-15)31(29-20)19-12-11-17(26)13-18(19)27/h7-13H,6H2,1-5H3,(H,28,32,33). The quantitative estimate of drug-likeness (QED) is 0.458. The third kappa shape index (κ3) is 5.09. The van der Waals surface area contributed by atoms with Gasteiger partial charge < -0.3 is 0 Å². The molecule has 6 nitrogen and oxygen atoms in total. The van der Waals surface area contributed by atoms with Crippen molar-refractivity contribution in [3.63, 3.8) is 0 Å². The minimum Gasteiger partial charge on any atom is -0.293 e. The largest absolute Gasteiger partial charge is 0.293 e. The molecular formula is C24H25Cl3N4O2. The Morgan fingerprint density at radius 2 is 1.67 bits per heavy atom. The first-order chi connectivity index (χ1) is 15.5. The van der Waals surface area contributed by atoms with Crippen molar-refractivity contribution >= 4 is 46.6 Å². The van der Waals surface area contributed by atoms with Crippen molar-refractivity contribution in [1.82, 2.24) is 20.0 Å². The molecule has 1 heterocycles. The fourth-order valence-corrected chi connectivity index (χ4v) is 3.98. The van der Waals surface area contributed by atoms with Gasteiger partial charge >= 0.3 is 0 Å². The van der Waals surface area contributed by atoms with Gasteiger partial charge in [0.1, 0.15) is 0 Å². The fourth-order valence-electron chi connectivity index (χ4n) is 3.37. The molecule has 3 rings (SSSR count). The zero-order valence-electron chi connectivity index (χ0n) is 19.0. The highest BCUT2D eigenvalue weighted by molar-refractivity contribution is 6.35. The zero-order chi connectivity index (χ0) is 24.5. The van der Waals surface area contributed by atoms with Gasteiger partial charge in [-0.1, -0.05) is 53.9 Å². The van der Waals surface area contributed by atoms with E-state index in [-0.39, 0.29) is 5.69 Å². The van der Waals surface area contributed by atoms with Crippen LogP contribution in [0.1, 0.15) is 36.8 Å². The first-order valence-electron chi connectivity index (χ1n) is 10.3. The molecule has 0 aliphatic heterocycles. The number of nitrogens with zero attached hydrogens (tertiary/aromatic N) is 3. The molecule has 2 aromatic carbocycles. The van der Waals surface area contributed by atoms with Crippen LogP contribution in [0.3, 0.4) is 0 Å². The summed E-state index contributed by atoms with van der Waals surface area (Å²) in [6.45, 7) is 7.89. The average Bonchev–Trinajstić information content (AvgIpc) is 3.10. The Hall–Kier alpha value is -2.38. The maximum absolute atomic E-state index is 13.2. The van der Waals surface area contributed by atoms with E-state index >= 15 is 0 Å². The Bertz CT molecular complexity index is 1200. The van der Waals surface area contributed by atoms with Gasteiger partial charge in [0, 0.05) is 21.2 Å². The van der Waals surface area contributed by atoms with E-state index in [1.807, 2.05) is 31.0 Å². The molecule has 0 bridgehead atoms. The first kappa shape index (κ1) is 25.2. The molecule has 1 aromatic heterocycles. The smallest absolute Gasteiger partial charge is 0.278 e. The van der Waals surface area contributed by atoms with Crippen LogP contribution in [0.25, 0.3) is 16.9 Å². The molecule has 0 aliphatic carbocycles. The molecule has 0 aliphatic rings. The molecule has 0 atom stereocenters. The molecule has 1 N–H and O–H groups in total. The van der Waals surface area contributed by atoms with Crippen molar-refractivity contribution in [2.24, 2.45) is 0 Å². The summed E-state index contributed by atoms with van der Waals surface area (Å²) in [6, 6.07) is 12.2. The van der Waals surface area contributed by atoms with E-state index in [2.05, 4.69) is 10.4 Å². The molecule has 0 saturated heterocycles. The van der Waals surface area contributed by atoms with E-state index in [9.17, 15) is 9.59 Å². The fraction of sp³-hybridized carbons (Fsp3) is 0.292. The molecule has 0 spiro atoms. The Balaban J connectivity index is 2.11. The van der Waals surface area contributed by atoms with Crippen LogP contribution in [0.15, 0.2) is 42.5 Å². The van der Waals surface area contributed by atoms with Crippen LogP contribution in [-0.2, 0) is 4.79 Å². The number of imide groups is 1. The zero-order valence-corrected chi connectivity index (χ0v) is 21.3. The molecule has 9 heteroatoms. The van der Waals surface area contributed by atoms with Gasteiger partial charge in [-0.15, -0.1) is 0 Å². The summed E-state index contributed by atoms with van der Waals surface area (Å²) in [5.41, 5.74) is 1.82. The van der Waals surface area contributed by atoms with Crippen LogP contribution in [0.5, 0.6) is 0 Å². The van der Waals surface area contributed by atoms with E-state index in [1.165, 1.54) is 0 Å². The lowest BCUT2D eigenvalue weighted by Gasteiger charge is -2.32. The number of hydrogen-bond donors (Lipinski definition) is 1. The van der Waals surface area contributed by atoms with E-state index in [1.54, 1.807) is 55.8 Å². The summed E-state index contributed by atoms with van der Waals surface area (Å²) in [7, 11) is 1.82. The second-order valence-electron chi connectivity index (χ2n) is 8.19. The van der Waals surface area contributed by atoms with Gasteiger partial charge in [0.15, 0.2) is 5.69 Å². The molecule has 33 heavy (non-hydrogen) atoms. The average molecular weight is 508 g/mol. The summed E-state index contributed by atoms with van der Waals surface area (Å²) in [5, 5.41) is 8.47. The molecule has 174 valence electrons. The summed E-state index contributed by atoms with van der Waals surface area (Å²) < 4.78 is 1.58. The summed E-state index contributed by atoms with van der Waals surface area (Å²) >= 11 is 18.6. The highest BCUT2D eigenvalue weighted by atomic mass is 35.5. The third-order valence-electron chi connectivity index (χ3n) is 5.80. The van der Waals surface area contributed by atoms with E-state index < -0.39 is 17.4 Å². The van der Waals surface area contributed by atoms with Crippen LogP contribution < -0.4 is 5.32 Å². The molecule has 0 radical (unpaired) electrons. The monoisotopic (exact) mass is 506 g/mol.